The number of hydrogen-bond donors (Lipinski definition) is 1. The van der Waals surface area contributed by atoms with Crippen LogP contribution in [-0.2, 0) is 0 Å². The SMILES string of the molecule is Cc1nc(SCC(O)c2ccc(F)cc2)n(C2CCCC2)c1C. The number of hydrogen-bond acceptors (Lipinski definition) is 3. The molecule has 1 aromatic heterocycles. The summed E-state index contributed by atoms with van der Waals surface area (Å²) in [7, 11) is 0. The molecule has 1 fully saturated rings. The Kier molecular flexibility index (Phi) is 5.07. The second-order valence-corrected chi connectivity index (χ2v) is 7.24. The van der Waals surface area contributed by atoms with Crippen molar-refractivity contribution in [3.8, 4) is 0 Å². The summed E-state index contributed by atoms with van der Waals surface area (Å²) in [6, 6.07) is 6.59. The van der Waals surface area contributed by atoms with Crippen molar-refractivity contribution in [1.29, 1.82) is 0 Å². The van der Waals surface area contributed by atoms with Crippen molar-refractivity contribution in [3.63, 3.8) is 0 Å². The van der Waals surface area contributed by atoms with E-state index < -0.39 is 6.10 Å². The summed E-state index contributed by atoms with van der Waals surface area (Å²) in [5.74, 6) is 0.241. The van der Waals surface area contributed by atoms with Crippen molar-refractivity contribution in [2.45, 2.75) is 56.8 Å². The fraction of sp³-hybridized carbons (Fsp3) is 0.500. The zero-order valence-corrected chi connectivity index (χ0v) is 14.4. The second kappa shape index (κ2) is 7.05. The molecule has 5 heteroatoms. The average molecular weight is 334 g/mol. The van der Waals surface area contributed by atoms with E-state index in [0.29, 0.717) is 11.8 Å². The maximum Gasteiger partial charge on any atom is 0.168 e. The van der Waals surface area contributed by atoms with Crippen molar-refractivity contribution in [2.75, 3.05) is 5.75 Å². The van der Waals surface area contributed by atoms with Crippen LogP contribution in [0.3, 0.4) is 0 Å². The van der Waals surface area contributed by atoms with Crippen LogP contribution in [0.4, 0.5) is 4.39 Å². The summed E-state index contributed by atoms with van der Waals surface area (Å²) in [5, 5.41) is 11.3. The van der Waals surface area contributed by atoms with Gasteiger partial charge in [0.2, 0.25) is 0 Å². The molecule has 0 spiro atoms. The molecule has 1 unspecified atom stereocenters. The summed E-state index contributed by atoms with van der Waals surface area (Å²) < 4.78 is 15.3. The predicted octanol–water partition coefficient (Wildman–Crippen LogP) is 4.58. The zero-order chi connectivity index (χ0) is 16.4. The monoisotopic (exact) mass is 334 g/mol. The van der Waals surface area contributed by atoms with E-state index >= 15 is 0 Å². The highest BCUT2D eigenvalue weighted by Crippen LogP contribution is 2.36. The van der Waals surface area contributed by atoms with E-state index in [1.807, 2.05) is 6.92 Å². The fourth-order valence-corrected chi connectivity index (χ4v) is 4.35. The molecular weight excluding hydrogens is 311 g/mol. The average Bonchev–Trinajstić information content (AvgIpc) is 3.15. The summed E-state index contributed by atoms with van der Waals surface area (Å²) in [5.41, 5.74) is 3.04. The van der Waals surface area contributed by atoms with E-state index in [4.69, 9.17) is 0 Å². The number of aliphatic hydroxyl groups excluding tert-OH is 1. The van der Waals surface area contributed by atoms with Gasteiger partial charge in [0, 0.05) is 17.5 Å². The lowest BCUT2D eigenvalue weighted by atomic mass is 10.1. The predicted molar refractivity (Wildman–Crippen MR) is 91.3 cm³/mol. The molecule has 1 heterocycles. The molecule has 0 aliphatic heterocycles. The zero-order valence-electron chi connectivity index (χ0n) is 13.6. The maximum absolute atomic E-state index is 13.0. The summed E-state index contributed by atoms with van der Waals surface area (Å²) in [6.45, 7) is 4.17. The van der Waals surface area contributed by atoms with Gasteiger partial charge in [-0.3, -0.25) is 0 Å². The lowest BCUT2D eigenvalue weighted by molar-refractivity contribution is 0.204. The Labute approximate surface area is 140 Å². The number of rotatable bonds is 5. The molecule has 0 radical (unpaired) electrons. The quantitative estimate of drug-likeness (QED) is 0.813. The van der Waals surface area contributed by atoms with Crippen LogP contribution in [0, 0.1) is 19.7 Å². The maximum atomic E-state index is 13.0. The van der Waals surface area contributed by atoms with Crippen molar-refractivity contribution in [2.24, 2.45) is 0 Å². The molecule has 124 valence electrons. The Hall–Kier alpha value is -1.33. The molecule has 1 atom stereocenters. The van der Waals surface area contributed by atoms with Gasteiger partial charge >= 0.3 is 0 Å². The van der Waals surface area contributed by atoms with Gasteiger partial charge in [0.25, 0.3) is 0 Å². The number of aliphatic hydroxyl groups is 1. The molecule has 0 bridgehead atoms. The smallest absolute Gasteiger partial charge is 0.168 e. The summed E-state index contributed by atoms with van der Waals surface area (Å²) in [6.07, 6.45) is 4.37. The highest BCUT2D eigenvalue weighted by Gasteiger charge is 2.23. The number of benzene rings is 1. The van der Waals surface area contributed by atoms with Gasteiger partial charge < -0.3 is 9.67 Å². The van der Waals surface area contributed by atoms with Gasteiger partial charge in [0.05, 0.1) is 11.8 Å². The van der Waals surface area contributed by atoms with Gasteiger partial charge in [0.15, 0.2) is 5.16 Å². The molecule has 1 N–H and O–H groups in total. The molecule has 2 aromatic rings. The topological polar surface area (TPSA) is 38.1 Å². The fourth-order valence-electron chi connectivity index (χ4n) is 3.22. The normalized spacial score (nSPS) is 16.9. The Bertz CT molecular complexity index is 662. The summed E-state index contributed by atoms with van der Waals surface area (Å²) in [4.78, 5) is 4.69. The van der Waals surface area contributed by atoms with E-state index in [1.54, 1.807) is 23.9 Å². The minimum absolute atomic E-state index is 0.281. The van der Waals surface area contributed by atoms with Crippen molar-refractivity contribution in [3.05, 3.63) is 47.0 Å². The molecule has 3 rings (SSSR count). The lowest BCUT2D eigenvalue weighted by Gasteiger charge is -2.18. The van der Waals surface area contributed by atoms with Crippen LogP contribution < -0.4 is 0 Å². The van der Waals surface area contributed by atoms with E-state index in [1.165, 1.54) is 43.5 Å². The van der Waals surface area contributed by atoms with E-state index in [2.05, 4.69) is 16.5 Å². The van der Waals surface area contributed by atoms with Gasteiger partial charge in [0.1, 0.15) is 5.82 Å². The van der Waals surface area contributed by atoms with Gasteiger partial charge in [-0.05, 0) is 44.4 Å². The Balaban J connectivity index is 1.72. The number of aryl methyl sites for hydroxylation is 1. The van der Waals surface area contributed by atoms with Crippen LogP contribution in [0.2, 0.25) is 0 Å². The third-order valence-electron chi connectivity index (χ3n) is 4.67. The molecule has 0 amide bonds. The Morgan fingerprint density at radius 2 is 1.91 bits per heavy atom. The summed E-state index contributed by atoms with van der Waals surface area (Å²) >= 11 is 1.58. The van der Waals surface area contributed by atoms with Crippen molar-refractivity contribution >= 4 is 11.8 Å². The largest absolute Gasteiger partial charge is 0.388 e. The van der Waals surface area contributed by atoms with Crippen LogP contribution in [0.5, 0.6) is 0 Å². The standard InChI is InChI=1S/C18H23FN2OS/c1-12-13(2)21(16-5-3-4-6-16)18(20-12)23-11-17(22)14-7-9-15(19)10-8-14/h7-10,16-17,22H,3-6,11H2,1-2H3. The lowest BCUT2D eigenvalue weighted by Crippen LogP contribution is -2.09. The molecule has 23 heavy (non-hydrogen) atoms. The first-order valence-electron chi connectivity index (χ1n) is 8.18. The Morgan fingerprint density at radius 1 is 1.26 bits per heavy atom. The van der Waals surface area contributed by atoms with Crippen molar-refractivity contribution < 1.29 is 9.50 Å². The van der Waals surface area contributed by atoms with Gasteiger partial charge in [-0.25, -0.2) is 9.37 Å². The molecule has 0 saturated heterocycles. The number of nitrogens with zero attached hydrogens (tertiary/aromatic N) is 2. The third kappa shape index (κ3) is 3.61. The van der Waals surface area contributed by atoms with Crippen LogP contribution in [0.15, 0.2) is 29.4 Å². The molecule has 1 aromatic carbocycles. The molecule has 1 saturated carbocycles. The number of aromatic nitrogens is 2. The first-order chi connectivity index (χ1) is 11.1. The van der Waals surface area contributed by atoms with Crippen LogP contribution in [0.25, 0.3) is 0 Å². The number of imidazole rings is 1. The second-order valence-electron chi connectivity index (χ2n) is 6.25. The van der Waals surface area contributed by atoms with Crippen LogP contribution in [-0.4, -0.2) is 20.4 Å². The van der Waals surface area contributed by atoms with Crippen LogP contribution in [0.1, 0.15) is 54.8 Å². The molecular formula is C18H23FN2OS. The van der Waals surface area contributed by atoms with E-state index in [-0.39, 0.29) is 5.82 Å². The first kappa shape index (κ1) is 16.5. The third-order valence-corrected chi connectivity index (χ3v) is 5.70. The van der Waals surface area contributed by atoms with Gasteiger partial charge in [-0.15, -0.1) is 0 Å². The van der Waals surface area contributed by atoms with Crippen molar-refractivity contribution in [1.82, 2.24) is 9.55 Å². The molecule has 3 nitrogen and oxygen atoms in total. The first-order valence-corrected chi connectivity index (χ1v) is 9.16. The van der Waals surface area contributed by atoms with Gasteiger partial charge in [-0.1, -0.05) is 36.7 Å². The Morgan fingerprint density at radius 3 is 2.57 bits per heavy atom. The van der Waals surface area contributed by atoms with E-state index in [9.17, 15) is 9.50 Å². The van der Waals surface area contributed by atoms with Gasteiger partial charge in [-0.2, -0.15) is 0 Å². The highest BCUT2D eigenvalue weighted by atomic mass is 32.2. The molecule has 1 aliphatic rings. The minimum Gasteiger partial charge on any atom is -0.388 e. The number of thioether (sulfide) groups is 1. The molecule has 1 aliphatic carbocycles. The van der Waals surface area contributed by atoms with Crippen LogP contribution >= 0.6 is 11.8 Å². The number of halogens is 1. The van der Waals surface area contributed by atoms with E-state index in [0.717, 1.165) is 16.4 Å². The minimum atomic E-state index is -0.616. The highest BCUT2D eigenvalue weighted by molar-refractivity contribution is 7.99.